The van der Waals surface area contributed by atoms with Gasteiger partial charge in [0.15, 0.2) is 0 Å². The van der Waals surface area contributed by atoms with E-state index >= 15 is 0 Å². The fourth-order valence-electron chi connectivity index (χ4n) is 0.960. The van der Waals surface area contributed by atoms with E-state index in [-0.39, 0.29) is 12.2 Å². The van der Waals surface area contributed by atoms with E-state index < -0.39 is 11.7 Å². The van der Waals surface area contributed by atoms with Gasteiger partial charge in [0, 0.05) is 19.5 Å². The molecule has 0 bridgehead atoms. The summed E-state index contributed by atoms with van der Waals surface area (Å²) in [7, 11) is 1.35. The first kappa shape index (κ1) is 9.98. The highest BCUT2D eigenvalue weighted by molar-refractivity contribution is 5.25. The zero-order valence-electron chi connectivity index (χ0n) is 6.93. The summed E-state index contributed by atoms with van der Waals surface area (Å²) >= 11 is 0. The smallest absolute Gasteiger partial charge is 0.380 e. The third-order valence-corrected chi connectivity index (χ3v) is 1.52. The van der Waals surface area contributed by atoms with E-state index in [1.807, 2.05) is 0 Å². The number of halogens is 3. The fourth-order valence-corrected chi connectivity index (χ4v) is 0.960. The van der Waals surface area contributed by atoms with E-state index in [1.165, 1.54) is 19.4 Å². The van der Waals surface area contributed by atoms with E-state index in [9.17, 15) is 13.2 Å². The Bertz CT molecular complexity index is 285. The van der Waals surface area contributed by atoms with Gasteiger partial charge in [0.2, 0.25) is 0 Å². The average Bonchev–Trinajstić information content (AvgIpc) is 2.04. The van der Waals surface area contributed by atoms with Gasteiger partial charge in [-0.1, -0.05) is 0 Å². The highest BCUT2D eigenvalue weighted by atomic mass is 19.4. The van der Waals surface area contributed by atoms with Crippen molar-refractivity contribution in [2.75, 3.05) is 7.11 Å². The van der Waals surface area contributed by atoms with Crippen molar-refractivity contribution in [3.05, 3.63) is 29.6 Å². The molecular formula is C8H8F3NO. The molecule has 0 aliphatic rings. The number of nitrogens with zero attached hydrogens (tertiary/aromatic N) is 1. The van der Waals surface area contributed by atoms with Gasteiger partial charge in [0.05, 0.1) is 12.2 Å². The molecule has 5 heteroatoms. The van der Waals surface area contributed by atoms with Crippen LogP contribution in [0.5, 0.6) is 0 Å². The summed E-state index contributed by atoms with van der Waals surface area (Å²) in [4.78, 5) is 3.42. The lowest BCUT2D eigenvalue weighted by Gasteiger charge is -2.10. The molecule has 0 fully saturated rings. The maximum absolute atomic E-state index is 12.3. The van der Waals surface area contributed by atoms with E-state index in [2.05, 4.69) is 9.72 Å². The van der Waals surface area contributed by atoms with Crippen LogP contribution in [0.4, 0.5) is 13.2 Å². The highest BCUT2D eigenvalue weighted by Crippen LogP contribution is 2.31. The van der Waals surface area contributed by atoms with Crippen LogP contribution in [0, 0.1) is 0 Å². The van der Waals surface area contributed by atoms with Crippen molar-refractivity contribution in [2.24, 2.45) is 0 Å². The van der Waals surface area contributed by atoms with Crippen molar-refractivity contribution in [1.82, 2.24) is 4.98 Å². The third kappa shape index (κ3) is 2.42. The molecular weight excluding hydrogens is 183 g/mol. The van der Waals surface area contributed by atoms with Crippen molar-refractivity contribution < 1.29 is 17.9 Å². The molecule has 1 rings (SSSR count). The number of rotatable bonds is 2. The van der Waals surface area contributed by atoms with Gasteiger partial charge in [-0.2, -0.15) is 13.2 Å². The lowest BCUT2D eigenvalue weighted by atomic mass is 10.1. The number of hydrogen-bond donors (Lipinski definition) is 0. The van der Waals surface area contributed by atoms with Gasteiger partial charge in [-0.05, 0) is 11.6 Å². The second kappa shape index (κ2) is 3.74. The molecule has 1 heterocycles. The molecule has 0 spiro atoms. The summed E-state index contributed by atoms with van der Waals surface area (Å²) in [6, 6.07) is 1.30. The number of aromatic nitrogens is 1. The van der Waals surface area contributed by atoms with Crippen molar-refractivity contribution in [2.45, 2.75) is 12.8 Å². The van der Waals surface area contributed by atoms with Crippen molar-refractivity contribution in [3.8, 4) is 0 Å². The molecule has 0 N–H and O–H groups in total. The Hall–Kier alpha value is -1.10. The van der Waals surface area contributed by atoms with Crippen LogP contribution in [-0.4, -0.2) is 12.1 Å². The summed E-state index contributed by atoms with van der Waals surface area (Å²) in [6.07, 6.45) is -2.25. The number of methoxy groups -OCH3 is 1. The van der Waals surface area contributed by atoms with Crippen LogP contribution in [0.25, 0.3) is 0 Å². The zero-order chi connectivity index (χ0) is 9.90. The maximum Gasteiger partial charge on any atom is 0.418 e. The van der Waals surface area contributed by atoms with Crippen LogP contribution >= 0.6 is 0 Å². The second-order valence-corrected chi connectivity index (χ2v) is 2.46. The minimum absolute atomic E-state index is 0.0582. The number of hydrogen-bond acceptors (Lipinski definition) is 2. The highest BCUT2D eigenvalue weighted by Gasteiger charge is 2.33. The second-order valence-electron chi connectivity index (χ2n) is 2.46. The minimum atomic E-state index is -4.36. The topological polar surface area (TPSA) is 22.1 Å². The van der Waals surface area contributed by atoms with Crippen molar-refractivity contribution in [1.29, 1.82) is 0 Å². The Morgan fingerprint density at radius 1 is 1.46 bits per heavy atom. The lowest BCUT2D eigenvalue weighted by Crippen LogP contribution is -2.10. The number of ether oxygens (including phenoxy) is 1. The van der Waals surface area contributed by atoms with Crippen LogP contribution in [-0.2, 0) is 17.5 Å². The van der Waals surface area contributed by atoms with Crippen LogP contribution in [0.1, 0.15) is 11.1 Å². The van der Waals surface area contributed by atoms with Crippen LogP contribution < -0.4 is 0 Å². The monoisotopic (exact) mass is 191 g/mol. The molecule has 0 amide bonds. The summed E-state index contributed by atoms with van der Waals surface area (Å²) < 4.78 is 41.5. The Morgan fingerprint density at radius 3 is 2.69 bits per heavy atom. The van der Waals surface area contributed by atoms with Gasteiger partial charge in [0.1, 0.15) is 0 Å². The van der Waals surface area contributed by atoms with E-state index in [4.69, 9.17) is 0 Å². The fraction of sp³-hybridized carbons (Fsp3) is 0.375. The molecule has 0 atom stereocenters. The van der Waals surface area contributed by atoms with E-state index in [1.54, 1.807) is 0 Å². The Balaban J connectivity index is 3.05. The zero-order valence-corrected chi connectivity index (χ0v) is 6.93. The summed E-state index contributed by atoms with van der Waals surface area (Å²) in [5.41, 5.74) is -0.637. The van der Waals surface area contributed by atoms with Gasteiger partial charge >= 0.3 is 6.18 Å². The van der Waals surface area contributed by atoms with E-state index in [0.29, 0.717) is 0 Å². The van der Waals surface area contributed by atoms with Gasteiger partial charge < -0.3 is 4.74 Å². The van der Waals surface area contributed by atoms with Crippen molar-refractivity contribution in [3.63, 3.8) is 0 Å². The van der Waals surface area contributed by atoms with Crippen LogP contribution in [0.2, 0.25) is 0 Å². The molecule has 0 aliphatic carbocycles. The van der Waals surface area contributed by atoms with Gasteiger partial charge in [-0.15, -0.1) is 0 Å². The first-order chi connectivity index (χ1) is 6.05. The molecule has 0 saturated heterocycles. The predicted molar refractivity (Wildman–Crippen MR) is 40.0 cm³/mol. The molecule has 2 nitrogen and oxygen atoms in total. The Labute approximate surface area is 73.4 Å². The lowest BCUT2D eigenvalue weighted by molar-refractivity contribution is -0.139. The minimum Gasteiger partial charge on any atom is -0.380 e. The predicted octanol–water partition coefficient (Wildman–Crippen LogP) is 2.25. The van der Waals surface area contributed by atoms with Gasteiger partial charge in [-0.3, -0.25) is 4.98 Å². The molecule has 1 aromatic rings. The van der Waals surface area contributed by atoms with Crippen molar-refractivity contribution >= 4 is 0 Å². The molecule has 1 aromatic heterocycles. The molecule has 0 aliphatic heterocycles. The summed E-state index contributed by atoms with van der Waals surface area (Å²) in [5.74, 6) is 0. The molecule has 0 unspecified atom stereocenters. The van der Waals surface area contributed by atoms with Crippen LogP contribution in [0.3, 0.4) is 0 Å². The Morgan fingerprint density at radius 2 is 2.15 bits per heavy atom. The molecule has 0 saturated carbocycles. The molecule has 13 heavy (non-hydrogen) atoms. The quantitative estimate of drug-likeness (QED) is 0.715. The number of alkyl halides is 3. The molecule has 0 radical (unpaired) electrons. The van der Waals surface area contributed by atoms with E-state index in [0.717, 1.165) is 6.20 Å². The van der Waals surface area contributed by atoms with Gasteiger partial charge in [0.25, 0.3) is 0 Å². The standard InChI is InChI=1S/C8H8F3NO/c1-13-5-6-2-3-12-4-7(6)8(9,10)11/h2-4H,5H2,1H3. The van der Waals surface area contributed by atoms with Gasteiger partial charge in [-0.25, -0.2) is 0 Å². The Kier molecular flexibility index (Phi) is 2.87. The first-order valence-electron chi connectivity index (χ1n) is 3.54. The van der Waals surface area contributed by atoms with Crippen LogP contribution in [0.15, 0.2) is 18.5 Å². The number of pyridine rings is 1. The summed E-state index contributed by atoms with van der Waals surface area (Å²) in [5, 5.41) is 0. The molecule has 72 valence electrons. The normalized spacial score (nSPS) is 11.7. The first-order valence-corrected chi connectivity index (χ1v) is 3.54. The average molecular weight is 191 g/mol. The molecule has 0 aromatic carbocycles. The largest absolute Gasteiger partial charge is 0.418 e. The summed E-state index contributed by atoms with van der Waals surface area (Å²) in [6.45, 7) is -0.0582. The maximum atomic E-state index is 12.3. The third-order valence-electron chi connectivity index (χ3n) is 1.52. The SMILES string of the molecule is COCc1ccncc1C(F)(F)F.